The topological polar surface area (TPSA) is 44.9 Å². The van der Waals surface area contributed by atoms with Gasteiger partial charge in [-0.25, -0.2) is 4.98 Å². The van der Waals surface area contributed by atoms with E-state index in [1.807, 2.05) is 7.05 Å². The lowest BCUT2D eigenvalue weighted by molar-refractivity contribution is 0.299. The van der Waals surface area contributed by atoms with Crippen molar-refractivity contribution in [1.29, 1.82) is 0 Å². The molecule has 0 radical (unpaired) electrons. The summed E-state index contributed by atoms with van der Waals surface area (Å²) < 4.78 is 2.14. The number of rotatable bonds is 2. The largest absolute Gasteiger partial charge is 0.351 e. The van der Waals surface area contributed by atoms with Crippen LogP contribution < -0.4 is 5.32 Å². The number of imidazole rings is 1. The fraction of sp³-hybridized carbons (Fsp3) is 0.579. The summed E-state index contributed by atoms with van der Waals surface area (Å²) in [6.45, 7) is 5.15. The molecule has 1 saturated heterocycles. The zero-order valence-corrected chi connectivity index (χ0v) is 14.7. The molecule has 2 aromatic heterocycles. The minimum absolute atomic E-state index is 0.722. The number of fused-ring (bicyclic) bond motifs is 2. The summed E-state index contributed by atoms with van der Waals surface area (Å²) in [4.78, 5) is 11.7. The van der Waals surface area contributed by atoms with Gasteiger partial charge in [0.15, 0.2) is 5.96 Å². The van der Waals surface area contributed by atoms with Crippen LogP contribution in [0.5, 0.6) is 0 Å². The van der Waals surface area contributed by atoms with Crippen LogP contribution in [0.1, 0.15) is 37.1 Å². The van der Waals surface area contributed by atoms with Gasteiger partial charge in [-0.05, 0) is 43.7 Å². The smallest absolute Gasteiger partial charge is 0.193 e. The Labute approximate surface area is 143 Å². The summed E-state index contributed by atoms with van der Waals surface area (Å²) in [7, 11) is 1.89. The summed E-state index contributed by atoms with van der Waals surface area (Å²) in [6, 6.07) is 6.22. The standard InChI is InChI=1S/C19H27N5/c1-14-6-5-9-18-22-17(13-24(14)18)10-21-19(20-2)23-11-15-7-3-4-8-16(15)12-23/h5-6,9,13,15-16H,3-4,7-8,10-12H2,1-2H3,(H,20,21). The van der Waals surface area contributed by atoms with Crippen molar-refractivity contribution in [1.82, 2.24) is 19.6 Å². The third kappa shape index (κ3) is 2.87. The third-order valence-corrected chi connectivity index (χ3v) is 5.66. The molecule has 2 fully saturated rings. The van der Waals surface area contributed by atoms with E-state index in [0.717, 1.165) is 48.8 Å². The molecule has 0 spiro atoms. The second-order valence-corrected chi connectivity index (χ2v) is 7.24. The van der Waals surface area contributed by atoms with E-state index in [1.54, 1.807) is 0 Å². The van der Waals surface area contributed by atoms with Gasteiger partial charge in [-0.2, -0.15) is 0 Å². The van der Waals surface area contributed by atoms with Crippen molar-refractivity contribution < 1.29 is 0 Å². The van der Waals surface area contributed by atoms with Crippen molar-refractivity contribution >= 4 is 11.6 Å². The van der Waals surface area contributed by atoms with Gasteiger partial charge < -0.3 is 14.6 Å². The van der Waals surface area contributed by atoms with Crippen LogP contribution in [0.25, 0.3) is 5.65 Å². The van der Waals surface area contributed by atoms with E-state index in [2.05, 4.69) is 50.9 Å². The van der Waals surface area contributed by atoms with E-state index >= 15 is 0 Å². The van der Waals surface area contributed by atoms with E-state index < -0.39 is 0 Å². The second kappa shape index (κ2) is 6.46. The first-order valence-corrected chi connectivity index (χ1v) is 9.14. The van der Waals surface area contributed by atoms with E-state index in [0.29, 0.717) is 0 Å². The van der Waals surface area contributed by atoms with E-state index in [9.17, 15) is 0 Å². The number of guanidine groups is 1. The van der Waals surface area contributed by atoms with Crippen molar-refractivity contribution in [2.45, 2.75) is 39.2 Å². The lowest BCUT2D eigenvalue weighted by Gasteiger charge is -2.22. The molecule has 2 unspecified atom stereocenters. The van der Waals surface area contributed by atoms with Crippen LogP contribution in [-0.2, 0) is 6.54 Å². The van der Waals surface area contributed by atoms with Gasteiger partial charge in [0.1, 0.15) is 5.65 Å². The minimum Gasteiger partial charge on any atom is -0.351 e. The fourth-order valence-electron chi connectivity index (χ4n) is 4.36. The predicted octanol–water partition coefficient (Wildman–Crippen LogP) is 2.84. The Morgan fingerprint density at radius 2 is 2.00 bits per heavy atom. The number of hydrogen-bond donors (Lipinski definition) is 1. The molecule has 1 N–H and O–H groups in total. The number of hydrogen-bond acceptors (Lipinski definition) is 2. The molecule has 128 valence electrons. The maximum atomic E-state index is 4.71. The second-order valence-electron chi connectivity index (χ2n) is 7.24. The van der Waals surface area contributed by atoms with Crippen LogP contribution in [0, 0.1) is 18.8 Å². The van der Waals surface area contributed by atoms with Gasteiger partial charge in [0.25, 0.3) is 0 Å². The van der Waals surface area contributed by atoms with Gasteiger partial charge in [-0.15, -0.1) is 0 Å². The normalized spacial score (nSPS) is 24.4. The van der Waals surface area contributed by atoms with Crippen LogP contribution in [0.4, 0.5) is 0 Å². The van der Waals surface area contributed by atoms with Crippen LogP contribution in [0.2, 0.25) is 0 Å². The SMILES string of the molecule is CN=C(NCc1cn2c(C)cccc2n1)N1CC2CCCCC2C1. The van der Waals surface area contributed by atoms with Crippen molar-refractivity contribution in [3.8, 4) is 0 Å². The van der Waals surface area contributed by atoms with Gasteiger partial charge in [-0.1, -0.05) is 18.9 Å². The number of likely N-dealkylation sites (tertiary alicyclic amines) is 1. The van der Waals surface area contributed by atoms with Crippen LogP contribution in [-0.4, -0.2) is 40.4 Å². The van der Waals surface area contributed by atoms with Crippen LogP contribution in [0.3, 0.4) is 0 Å². The molecule has 24 heavy (non-hydrogen) atoms. The molecule has 3 heterocycles. The number of aromatic nitrogens is 2. The molecular formula is C19H27N5. The molecule has 4 rings (SSSR count). The van der Waals surface area contributed by atoms with Crippen molar-refractivity contribution in [2.75, 3.05) is 20.1 Å². The van der Waals surface area contributed by atoms with Gasteiger partial charge >= 0.3 is 0 Å². The Hall–Kier alpha value is -2.04. The molecular weight excluding hydrogens is 298 g/mol. The predicted molar refractivity (Wildman–Crippen MR) is 97.1 cm³/mol. The Morgan fingerprint density at radius 1 is 1.25 bits per heavy atom. The highest BCUT2D eigenvalue weighted by atomic mass is 15.3. The molecule has 0 aromatic carbocycles. The summed E-state index contributed by atoms with van der Waals surface area (Å²) in [5, 5.41) is 3.52. The average Bonchev–Trinajstić information content (AvgIpc) is 3.20. The lowest BCUT2D eigenvalue weighted by Crippen LogP contribution is -2.39. The summed E-state index contributed by atoms with van der Waals surface area (Å²) in [5.74, 6) is 2.77. The fourth-order valence-corrected chi connectivity index (χ4v) is 4.36. The van der Waals surface area contributed by atoms with Crippen molar-refractivity contribution in [3.63, 3.8) is 0 Å². The number of aryl methyl sites for hydroxylation is 1. The third-order valence-electron chi connectivity index (χ3n) is 5.66. The first kappa shape index (κ1) is 15.5. The first-order valence-electron chi connectivity index (χ1n) is 9.14. The molecule has 1 saturated carbocycles. The maximum absolute atomic E-state index is 4.71. The van der Waals surface area contributed by atoms with Gasteiger partial charge in [0.05, 0.1) is 12.2 Å². The monoisotopic (exact) mass is 325 g/mol. The van der Waals surface area contributed by atoms with E-state index in [1.165, 1.54) is 31.4 Å². The van der Waals surface area contributed by atoms with E-state index in [4.69, 9.17) is 4.98 Å². The maximum Gasteiger partial charge on any atom is 0.193 e. The summed E-state index contributed by atoms with van der Waals surface area (Å²) in [6.07, 6.45) is 7.71. The zero-order valence-electron chi connectivity index (χ0n) is 14.7. The Morgan fingerprint density at radius 3 is 2.67 bits per heavy atom. The molecule has 5 heteroatoms. The average molecular weight is 325 g/mol. The molecule has 1 aliphatic heterocycles. The molecule has 1 aliphatic carbocycles. The van der Waals surface area contributed by atoms with Gasteiger partial charge in [0, 0.05) is 32.0 Å². The molecule has 2 aliphatic rings. The van der Waals surface area contributed by atoms with Gasteiger partial charge in [0.2, 0.25) is 0 Å². The molecule has 2 aromatic rings. The number of aliphatic imine (C=N–C) groups is 1. The first-order chi connectivity index (χ1) is 11.7. The van der Waals surface area contributed by atoms with Crippen molar-refractivity contribution in [3.05, 3.63) is 35.8 Å². The molecule has 0 bridgehead atoms. The minimum atomic E-state index is 0.722. The molecule has 0 amide bonds. The Kier molecular flexibility index (Phi) is 4.17. The highest BCUT2D eigenvalue weighted by Gasteiger charge is 2.35. The number of pyridine rings is 1. The van der Waals surface area contributed by atoms with Crippen LogP contribution >= 0.6 is 0 Å². The molecule has 2 atom stereocenters. The summed E-state index contributed by atoms with van der Waals surface area (Å²) >= 11 is 0. The van der Waals surface area contributed by atoms with Gasteiger partial charge in [-0.3, -0.25) is 4.99 Å². The van der Waals surface area contributed by atoms with Crippen LogP contribution in [0.15, 0.2) is 29.4 Å². The lowest BCUT2D eigenvalue weighted by atomic mass is 9.82. The zero-order chi connectivity index (χ0) is 16.5. The Bertz CT molecular complexity index is 733. The van der Waals surface area contributed by atoms with Crippen molar-refractivity contribution in [2.24, 2.45) is 16.8 Å². The highest BCUT2D eigenvalue weighted by Crippen LogP contribution is 2.35. The number of nitrogens with one attached hydrogen (secondary N) is 1. The summed E-state index contributed by atoms with van der Waals surface area (Å²) in [5.41, 5.74) is 3.27. The molecule has 5 nitrogen and oxygen atoms in total. The van der Waals surface area contributed by atoms with E-state index in [-0.39, 0.29) is 0 Å². The Balaban J connectivity index is 1.42. The number of nitrogens with zero attached hydrogens (tertiary/aromatic N) is 4. The highest BCUT2D eigenvalue weighted by molar-refractivity contribution is 5.80. The quantitative estimate of drug-likeness (QED) is 0.682.